The minimum absolute atomic E-state index is 0.0308. The maximum atomic E-state index is 15.3. The molecule has 0 radical (unpaired) electrons. The first-order valence-electron chi connectivity index (χ1n) is 10.2. The number of carboxylic acids is 1. The van der Waals surface area contributed by atoms with E-state index >= 15 is 4.39 Å². The smallest absolute Gasteiger partial charge is 0.341 e. The van der Waals surface area contributed by atoms with Crippen LogP contribution in [0.1, 0.15) is 35.7 Å². The van der Waals surface area contributed by atoms with Gasteiger partial charge in [0.2, 0.25) is 5.43 Å². The number of aromatic nitrogens is 1. The number of carboxylic acid groups (broad SMARTS) is 1. The summed E-state index contributed by atoms with van der Waals surface area (Å²) in [6.45, 7) is 0.0953. The van der Waals surface area contributed by atoms with Gasteiger partial charge in [-0.25, -0.2) is 18.0 Å². The zero-order valence-corrected chi connectivity index (χ0v) is 16.8. The number of pyridine rings is 1. The standard InChI is InChI=1S/C21H22F3N3O4/c1-31-19-16-9(18(28)10(20(29)30)6-27(16)15-5-12(15)22)4-13(23)17(19)26-7-11(14(24)8-26)21(25)2-3-21/h4,6,11-12,14-15H,2-3,5,7-8,25H2,1H3,(H,29,30). The van der Waals surface area contributed by atoms with E-state index in [1.54, 1.807) is 0 Å². The zero-order valence-electron chi connectivity index (χ0n) is 16.8. The third-order valence-electron chi connectivity index (χ3n) is 6.80. The Labute approximate surface area is 175 Å². The van der Waals surface area contributed by atoms with Crippen LogP contribution in [0.2, 0.25) is 0 Å². The number of anilines is 1. The van der Waals surface area contributed by atoms with Crippen LogP contribution >= 0.6 is 0 Å². The lowest BCUT2D eigenvalue weighted by Gasteiger charge is -2.25. The molecule has 166 valence electrons. The number of hydrogen-bond acceptors (Lipinski definition) is 5. The van der Waals surface area contributed by atoms with Gasteiger partial charge in [-0.05, 0) is 18.9 Å². The average Bonchev–Trinajstić information content (AvgIpc) is 3.60. The van der Waals surface area contributed by atoms with E-state index in [1.807, 2.05) is 0 Å². The molecule has 0 amide bonds. The topological polar surface area (TPSA) is 97.8 Å². The summed E-state index contributed by atoms with van der Waals surface area (Å²) < 4.78 is 50.8. The summed E-state index contributed by atoms with van der Waals surface area (Å²) in [5, 5.41) is 9.17. The molecule has 1 aromatic carbocycles. The predicted octanol–water partition coefficient (Wildman–Crippen LogP) is 2.40. The largest absolute Gasteiger partial charge is 0.492 e. The van der Waals surface area contributed by atoms with Crippen molar-refractivity contribution in [3.05, 3.63) is 33.9 Å². The van der Waals surface area contributed by atoms with Crippen molar-refractivity contribution in [2.45, 2.75) is 43.2 Å². The molecule has 1 aliphatic heterocycles. The number of alkyl halides is 2. The number of fused-ring (bicyclic) bond motifs is 1. The second-order valence-electron chi connectivity index (χ2n) is 8.80. The second kappa shape index (κ2) is 6.62. The van der Waals surface area contributed by atoms with E-state index in [1.165, 1.54) is 16.6 Å². The van der Waals surface area contributed by atoms with Crippen LogP contribution in [0.5, 0.6) is 5.75 Å². The van der Waals surface area contributed by atoms with E-state index in [0.717, 1.165) is 12.3 Å². The van der Waals surface area contributed by atoms with Crippen LogP contribution in [0.3, 0.4) is 0 Å². The highest BCUT2D eigenvalue weighted by Crippen LogP contribution is 2.49. The quantitative estimate of drug-likeness (QED) is 0.746. The van der Waals surface area contributed by atoms with Gasteiger partial charge in [-0.2, -0.15) is 0 Å². The van der Waals surface area contributed by atoms with E-state index in [4.69, 9.17) is 10.5 Å². The first-order valence-corrected chi connectivity index (χ1v) is 10.2. The Morgan fingerprint density at radius 1 is 1.29 bits per heavy atom. The maximum Gasteiger partial charge on any atom is 0.341 e. The highest BCUT2D eigenvalue weighted by Gasteiger charge is 2.53. The Kier molecular flexibility index (Phi) is 4.31. The number of hydrogen-bond donors (Lipinski definition) is 2. The number of benzene rings is 1. The molecule has 3 N–H and O–H groups in total. The lowest BCUT2D eigenvalue weighted by molar-refractivity contribution is 0.0694. The van der Waals surface area contributed by atoms with E-state index in [9.17, 15) is 23.5 Å². The van der Waals surface area contributed by atoms with E-state index in [0.29, 0.717) is 12.8 Å². The van der Waals surface area contributed by atoms with Gasteiger partial charge in [0.15, 0.2) is 11.6 Å². The number of halogens is 3. The third-order valence-corrected chi connectivity index (χ3v) is 6.80. The highest BCUT2D eigenvalue weighted by molar-refractivity contribution is 5.97. The molecule has 0 bridgehead atoms. The number of aromatic carboxylic acids is 1. The molecule has 5 rings (SSSR count). The van der Waals surface area contributed by atoms with Gasteiger partial charge >= 0.3 is 5.97 Å². The number of nitrogens with two attached hydrogens (primary N) is 1. The lowest BCUT2D eigenvalue weighted by atomic mass is 9.96. The molecule has 4 atom stereocenters. The first kappa shape index (κ1) is 20.2. The van der Waals surface area contributed by atoms with Crippen LogP contribution in [-0.4, -0.2) is 53.7 Å². The van der Waals surface area contributed by atoms with Crippen molar-refractivity contribution in [3.63, 3.8) is 0 Å². The SMILES string of the molecule is COc1c(N2CC(F)C(C3(N)CC3)C2)c(F)cc2c(=O)c(C(=O)O)cn(C3CC3F)c12. The van der Waals surface area contributed by atoms with Gasteiger partial charge in [-0.15, -0.1) is 0 Å². The van der Waals surface area contributed by atoms with Crippen LogP contribution in [0.4, 0.5) is 18.9 Å². The Bertz CT molecular complexity index is 1160. The van der Waals surface area contributed by atoms with Crippen LogP contribution < -0.4 is 20.8 Å². The van der Waals surface area contributed by atoms with Gasteiger partial charge in [-0.1, -0.05) is 0 Å². The van der Waals surface area contributed by atoms with Crippen LogP contribution in [-0.2, 0) is 0 Å². The molecule has 0 spiro atoms. The average molecular weight is 437 g/mol. The second-order valence-corrected chi connectivity index (χ2v) is 8.80. The molecule has 1 saturated heterocycles. The summed E-state index contributed by atoms with van der Waals surface area (Å²) in [4.78, 5) is 25.8. The molecule has 7 nitrogen and oxygen atoms in total. The van der Waals surface area contributed by atoms with Crippen molar-refractivity contribution in [2.75, 3.05) is 25.1 Å². The molecule has 2 aliphatic carbocycles. The number of methoxy groups -OCH3 is 1. The van der Waals surface area contributed by atoms with Gasteiger partial charge in [0, 0.05) is 37.2 Å². The molecule has 2 aromatic rings. The van der Waals surface area contributed by atoms with Gasteiger partial charge in [0.05, 0.1) is 24.1 Å². The molecule has 10 heteroatoms. The normalized spacial score (nSPS) is 28.7. The number of ether oxygens (including phenoxy) is 1. The minimum Gasteiger partial charge on any atom is -0.492 e. The maximum absolute atomic E-state index is 15.3. The first-order chi connectivity index (χ1) is 14.7. The van der Waals surface area contributed by atoms with E-state index < -0.39 is 52.6 Å². The van der Waals surface area contributed by atoms with Crippen molar-refractivity contribution in [2.24, 2.45) is 11.7 Å². The third kappa shape index (κ3) is 2.99. The van der Waals surface area contributed by atoms with Gasteiger partial charge in [0.25, 0.3) is 0 Å². The van der Waals surface area contributed by atoms with E-state index in [-0.39, 0.29) is 41.9 Å². The van der Waals surface area contributed by atoms with Crippen molar-refractivity contribution in [1.29, 1.82) is 0 Å². The summed E-state index contributed by atoms with van der Waals surface area (Å²) >= 11 is 0. The number of rotatable bonds is 5. The summed E-state index contributed by atoms with van der Waals surface area (Å²) in [5.74, 6) is -2.82. The Balaban J connectivity index is 1.72. The van der Waals surface area contributed by atoms with Gasteiger partial charge in [-0.3, -0.25) is 4.79 Å². The Morgan fingerprint density at radius 2 is 1.97 bits per heavy atom. The molecular weight excluding hydrogens is 415 g/mol. The van der Waals surface area contributed by atoms with Crippen molar-refractivity contribution < 1.29 is 27.8 Å². The van der Waals surface area contributed by atoms with Crippen molar-refractivity contribution in [1.82, 2.24) is 4.57 Å². The number of nitrogens with zero attached hydrogens (tertiary/aromatic N) is 2. The summed E-state index contributed by atoms with van der Waals surface area (Å²) in [6.07, 6.45) is 0.166. The minimum atomic E-state index is -1.49. The van der Waals surface area contributed by atoms with Gasteiger partial charge < -0.3 is 25.0 Å². The predicted molar refractivity (Wildman–Crippen MR) is 107 cm³/mol. The summed E-state index contributed by atoms with van der Waals surface area (Å²) in [5.41, 5.74) is 4.21. The Hall–Kier alpha value is -2.75. The molecule has 3 fully saturated rings. The van der Waals surface area contributed by atoms with Crippen molar-refractivity contribution >= 4 is 22.6 Å². The molecule has 2 heterocycles. The van der Waals surface area contributed by atoms with Crippen LogP contribution in [0, 0.1) is 11.7 Å². The fourth-order valence-corrected chi connectivity index (χ4v) is 4.79. The monoisotopic (exact) mass is 437 g/mol. The summed E-state index contributed by atoms with van der Waals surface area (Å²) in [7, 11) is 1.28. The molecule has 3 aliphatic rings. The fourth-order valence-electron chi connectivity index (χ4n) is 4.79. The highest BCUT2D eigenvalue weighted by atomic mass is 19.1. The van der Waals surface area contributed by atoms with Crippen LogP contribution in [0.15, 0.2) is 17.1 Å². The zero-order chi connectivity index (χ0) is 22.2. The molecular formula is C21H22F3N3O4. The number of carbonyl (C=O) groups is 1. The Morgan fingerprint density at radius 3 is 2.52 bits per heavy atom. The van der Waals surface area contributed by atoms with Crippen LogP contribution in [0.25, 0.3) is 10.9 Å². The molecule has 2 saturated carbocycles. The molecule has 1 aromatic heterocycles. The van der Waals surface area contributed by atoms with E-state index in [2.05, 4.69) is 0 Å². The van der Waals surface area contributed by atoms with Crippen molar-refractivity contribution in [3.8, 4) is 5.75 Å². The molecule has 31 heavy (non-hydrogen) atoms. The molecule has 4 unspecified atom stereocenters. The fraction of sp³-hybridized carbons (Fsp3) is 0.524. The van der Waals surface area contributed by atoms with Gasteiger partial charge in [0.1, 0.15) is 23.6 Å². The summed E-state index contributed by atoms with van der Waals surface area (Å²) in [6, 6.07) is 0.247. The lowest BCUT2D eigenvalue weighted by Crippen LogP contribution is -2.38.